The van der Waals surface area contributed by atoms with E-state index >= 15 is 0 Å². The predicted octanol–water partition coefficient (Wildman–Crippen LogP) is 2.88. The Morgan fingerprint density at radius 1 is 1.53 bits per heavy atom. The molecule has 0 radical (unpaired) electrons. The monoisotopic (exact) mass is 277 g/mol. The van der Waals surface area contributed by atoms with Crippen LogP contribution in [-0.2, 0) is 4.74 Å². The summed E-state index contributed by atoms with van der Waals surface area (Å²) in [5.41, 5.74) is 1.78. The molecule has 1 spiro atoms. The maximum atomic E-state index is 12.6. The summed E-state index contributed by atoms with van der Waals surface area (Å²) in [7, 11) is 0. The lowest BCUT2D eigenvalue weighted by molar-refractivity contribution is -0.0734. The van der Waals surface area contributed by atoms with Gasteiger partial charge in [0, 0.05) is 36.2 Å². The van der Waals surface area contributed by atoms with Crippen molar-refractivity contribution in [3.05, 3.63) is 29.6 Å². The SMILES string of the molecule is Cc1cncc(C(=O)C2CCOC3(CCSC3)C2)c1. The van der Waals surface area contributed by atoms with Crippen LogP contribution in [0.1, 0.15) is 35.2 Å². The lowest BCUT2D eigenvalue weighted by Crippen LogP contribution is -2.42. The molecule has 2 saturated heterocycles. The van der Waals surface area contributed by atoms with Crippen molar-refractivity contribution in [3.63, 3.8) is 0 Å². The van der Waals surface area contributed by atoms with E-state index in [9.17, 15) is 4.79 Å². The Labute approximate surface area is 118 Å². The number of ether oxygens (including phenoxy) is 1. The summed E-state index contributed by atoms with van der Waals surface area (Å²) in [6.07, 6.45) is 6.30. The molecule has 3 nitrogen and oxygen atoms in total. The summed E-state index contributed by atoms with van der Waals surface area (Å²) in [6, 6.07) is 1.95. The van der Waals surface area contributed by atoms with Crippen molar-refractivity contribution in [3.8, 4) is 0 Å². The first kappa shape index (κ1) is 13.1. The molecule has 2 unspecified atom stereocenters. The Bertz CT molecular complexity index is 483. The topological polar surface area (TPSA) is 39.2 Å². The van der Waals surface area contributed by atoms with Crippen LogP contribution in [0.15, 0.2) is 18.5 Å². The lowest BCUT2D eigenvalue weighted by atomic mass is 9.81. The highest BCUT2D eigenvalue weighted by atomic mass is 32.2. The summed E-state index contributed by atoms with van der Waals surface area (Å²) >= 11 is 1.94. The molecule has 0 aromatic carbocycles. The highest BCUT2D eigenvalue weighted by Gasteiger charge is 2.42. The van der Waals surface area contributed by atoms with Gasteiger partial charge in [0.05, 0.1) is 5.60 Å². The number of carbonyl (C=O) groups excluding carboxylic acids is 1. The number of aromatic nitrogens is 1. The van der Waals surface area contributed by atoms with E-state index in [4.69, 9.17) is 4.74 Å². The number of hydrogen-bond donors (Lipinski definition) is 0. The van der Waals surface area contributed by atoms with E-state index in [2.05, 4.69) is 4.98 Å². The fourth-order valence-corrected chi connectivity index (χ4v) is 4.42. The first-order valence-corrected chi connectivity index (χ1v) is 8.02. The molecule has 1 aromatic heterocycles. The van der Waals surface area contributed by atoms with E-state index in [0.717, 1.165) is 48.5 Å². The molecule has 0 amide bonds. The minimum Gasteiger partial charge on any atom is -0.374 e. The van der Waals surface area contributed by atoms with E-state index in [1.54, 1.807) is 12.4 Å². The van der Waals surface area contributed by atoms with Gasteiger partial charge in [-0.3, -0.25) is 9.78 Å². The molecule has 102 valence electrons. The number of ketones is 1. The van der Waals surface area contributed by atoms with Gasteiger partial charge in [-0.2, -0.15) is 11.8 Å². The second kappa shape index (κ2) is 5.25. The zero-order valence-corrected chi connectivity index (χ0v) is 12.0. The summed E-state index contributed by atoms with van der Waals surface area (Å²) in [5.74, 6) is 2.56. The molecular formula is C15H19NO2S. The van der Waals surface area contributed by atoms with Crippen molar-refractivity contribution in [2.45, 2.75) is 31.8 Å². The standard InChI is InChI=1S/C15H19NO2S/c1-11-6-13(9-16-8-11)14(17)12-2-4-18-15(7-12)3-5-19-10-15/h6,8-9,12H,2-5,7,10H2,1H3. The van der Waals surface area contributed by atoms with Crippen LogP contribution < -0.4 is 0 Å². The van der Waals surface area contributed by atoms with Gasteiger partial charge in [-0.1, -0.05) is 0 Å². The summed E-state index contributed by atoms with van der Waals surface area (Å²) in [5, 5.41) is 0. The quantitative estimate of drug-likeness (QED) is 0.779. The van der Waals surface area contributed by atoms with Crippen molar-refractivity contribution in [2.24, 2.45) is 5.92 Å². The third kappa shape index (κ3) is 2.70. The van der Waals surface area contributed by atoms with E-state index in [1.807, 2.05) is 24.8 Å². The summed E-state index contributed by atoms with van der Waals surface area (Å²) in [4.78, 5) is 16.7. The molecule has 0 N–H and O–H groups in total. The molecule has 0 saturated carbocycles. The lowest BCUT2D eigenvalue weighted by Gasteiger charge is -2.37. The third-order valence-electron chi connectivity index (χ3n) is 4.09. The van der Waals surface area contributed by atoms with Crippen LogP contribution in [-0.4, -0.2) is 34.5 Å². The summed E-state index contributed by atoms with van der Waals surface area (Å²) in [6.45, 7) is 2.69. The minimum atomic E-state index is -0.0273. The van der Waals surface area contributed by atoms with Gasteiger partial charge in [-0.05, 0) is 43.6 Å². The van der Waals surface area contributed by atoms with Crippen LogP contribution in [0.25, 0.3) is 0 Å². The largest absolute Gasteiger partial charge is 0.374 e. The Morgan fingerprint density at radius 2 is 2.42 bits per heavy atom. The number of nitrogens with zero attached hydrogens (tertiary/aromatic N) is 1. The van der Waals surface area contributed by atoms with Crippen molar-refractivity contribution in [1.29, 1.82) is 0 Å². The van der Waals surface area contributed by atoms with Crippen LogP contribution in [0.2, 0.25) is 0 Å². The molecule has 2 atom stereocenters. The molecule has 1 aromatic rings. The average molecular weight is 277 g/mol. The second-order valence-electron chi connectivity index (χ2n) is 5.64. The van der Waals surface area contributed by atoms with Crippen LogP contribution in [0.4, 0.5) is 0 Å². The third-order valence-corrected chi connectivity index (χ3v) is 5.31. The van der Waals surface area contributed by atoms with Gasteiger partial charge in [0.1, 0.15) is 0 Å². The molecule has 4 heteroatoms. The normalized spacial score (nSPS) is 30.7. The molecule has 0 bridgehead atoms. The first-order valence-electron chi connectivity index (χ1n) is 6.86. The second-order valence-corrected chi connectivity index (χ2v) is 6.74. The van der Waals surface area contributed by atoms with Gasteiger partial charge in [0.25, 0.3) is 0 Å². The van der Waals surface area contributed by atoms with Crippen molar-refractivity contribution in [1.82, 2.24) is 4.98 Å². The number of aryl methyl sites for hydroxylation is 1. The molecule has 2 aliphatic rings. The van der Waals surface area contributed by atoms with Crippen LogP contribution in [0.3, 0.4) is 0 Å². The zero-order valence-electron chi connectivity index (χ0n) is 11.2. The number of rotatable bonds is 2. The van der Waals surface area contributed by atoms with E-state index in [-0.39, 0.29) is 17.3 Å². The predicted molar refractivity (Wildman–Crippen MR) is 76.7 cm³/mol. The van der Waals surface area contributed by atoms with Crippen LogP contribution >= 0.6 is 11.8 Å². The molecular weight excluding hydrogens is 258 g/mol. The number of hydrogen-bond acceptors (Lipinski definition) is 4. The van der Waals surface area contributed by atoms with Gasteiger partial charge < -0.3 is 4.74 Å². The molecule has 3 heterocycles. The van der Waals surface area contributed by atoms with Crippen molar-refractivity contribution in [2.75, 3.05) is 18.1 Å². The fourth-order valence-electron chi connectivity index (χ4n) is 3.04. The van der Waals surface area contributed by atoms with Crippen molar-refractivity contribution >= 4 is 17.5 Å². The number of carbonyl (C=O) groups is 1. The van der Waals surface area contributed by atoms with Gasteiger partial charge in [-0.15, -0.1) is 0 Å². The van der Waals surface area contributed by atoms with Crippen molar-refractivity contribution < 1.29 is 9.53 Å². The molecule has 3 rings (SSSR count). The van der Waals surface area contributed by atoms with E-state index in [1.165, 1.54) is 0 Å². The van der Waals surface area contributed by atoms with Crippen LogP contribution in [0.5, 0.6) is 0 Å². The van der Waals surface area contributed by atoms with Crippen LogP contribution in [0, 0.1) is 12.8 Å². The average Bonchev–Trinajstić information content (AvgIpc) is 2.86. The molecule has 2 fully saturated rings. The Morgan fingerprint density at radius 3 is 3.16 bits per heavy atom. The Kier molecular flexibility index (Phi) is 3.63. The smallest absolute Gasteiger partial charge is 0.167 e. The Hall–Kier alpha value is -0.870. The Balaban J connectivity index is 1.76. The maximum absolute atomic E-state index is 12.6. The van der Waals surface area contributed by atoms with Gasteiger partial charge in [0.15, 0.2) is 5.78 Å². The van der Waals surface area contributed by atoms with Gasteiger partial charge in [-0.25, -0.2) is 0 Å². The maximum Gasteiger partial charge on any atom is 0.167 e. The minimum absolute atomic E-state index is 0.0273. The molecule has 2 aliphatic heterocycles. The van der Waals surface area contributed by atoms with E-state index < -0.39 is 0 Å². The van der Waals surface area contributed by atoms with Gasteiger partial charge >= 0.3 is 0 Å². The highest BCUT2D eigenvalue weighted by molar-refractivity contribution is 7.99. The molecule has 19 heavy (non-hydrogen) atoms. The summed E-state index contributed by atoms with van der Waals surface area (Å²) < 4.78 is 5.98. The molecule has 0 aliphatic carbocycles. The first-order chi connectivity index (χ1) is 9.19. The zero-order chi connectivity index (χ0) is 13.3. The van der Waals surface area contributed by atoms with E-state index in [0.29, 0.717) is 0 Å². The highest BCUT2D eigenvalue weighted by Crippen LogP contribution is 2.41. The fraction of sp³-hybridized carbons (Fsp3) is 0.600. The van der Waals surface area contributed by atoms with Gasteiger partial charge in [0.2, 0.25) is 0 Å². The number of Topliss-reactive ketones (excluding diaryl/α,β-unsaturated/α-hetero) is 1. The number of thioether (sulfide) groups is 1. The number of pyridine rings is 1.